The van der Waals surface area contributed by atoms with Crippen LogP contribution >= 0.6 is 0 Å². The van der Waals surface area contributed by atoms with E-state index in [0.29, 0.717) is 11.5 Å². The number of hydrogen-bond acceptors (Lipinski definition) is 5. The number of H-pyrrole nitrogens is 1. The van der Waals surface area contributed by atoms with E-state index in [1.165, 1.54) is 12.4 Å². The number of hydrogen-bond donors (Lipinski definition) is 2. The van der Waals surface area contributed by atoms with Gasteiger partial charge in [0.15, 0.2) is 5.82 Å². The maximum atomic E-state index is 12.7. The average molecular weight is 306 g/mol. The lowest BCUT2D eigenvalue weighted by atomic mass is 10.2. The van der Waals surface area contributed by atoms with Gasteiger partial charge < -0.3 is 5.32 Å². The third kappa shape index (κ3) is 3.03. The number of aromatic amines is 1. The highest BCUT2D eigenvalue weighted by Gasteiger charge is 2.31. The Morgan fingerprint density at radius 1 is 1.14 bits per heavy atom. The molecule has 3 aromatic rings. The van der Waals surface area contributed by atoms with Gasteiger partial charge in [0, 0.05) is 30.4 Å². The molecule has 6 nitrogen and oxygen atoms in total. The fraction of sp³-hybridized carbons (Fsp3) is 0.0769. The van der Waals surface area contributed by atoms with Gasteiger partial charge >= 0.3 is 6.18 Å². The number of aromatic nitrogens is 5. The normalized spacial score (nSPS) is 11.4. The highest BCUT2D eigenvalue weighted by Crippen LogP contribution is 2.30. The molecule has 0 atom stereocenters. The van der Waals surface area contributed by atoms with Crippen molar-refractivity contribution in [2.45, 2.75) is 6.18 Å². The van der Waals surface area contributed by atoms with Crippen LogP contribution in [-0.4, -0.2) is 25.1 Å². The van der Waals surface area contributed by atoms with Crippen molar-refractivity contribution in [3.05, 3.63) is 48.7 Å². The van der Waals surface area contributed by atoms with E-state index >= 15 is 0 Å². The molecule has 0 aliphatic rings. The number of nitrogens with one attached hydrogen (secondary N) is 2. The van der Waals surface area contributed by atoms with Gasteiger partial charge in [-0.1, -0.05) is 0 Å². The lowest BCUT2D eigenvalue weighted by Gasteiger charge is -2.08. The van der Waals surface area contributed by atoms with Crippen molar-refractivity contribution in [2.24, 2.45) is 0 Å². The SMILES string of the molecule is FC(F)(F)c1cncc(-c2nccc(Nc3cn[nH]c3)n2)c1. The standard InChI is InChI=1S/C13H9F3N6/c14-13(15,16)9-3-8(4-17-5-9)12-18-2-1-11(22-12)21-10-6-19-20-7-10/h1-7H,(H,19,20)(H,18,21,22). The van der Waals surface area contributed by atoms with Crippen molar-refractivity contribution in [3.8, 4) is 11.4 Å². The smallest absolute Gasteiger partial charge is 0.338 e. The second-order valence-electron chi connectivity index (χ2n) is 4.34. The van der Waals surface area contributed by atoms with Crippen LogP contribution in [0, 0.1) is 0 Å². The maximum Gasteiger partial charge on any atom is 0.417 e. The van der Waals surface area contributed by atoms with E-state index in [1.807, 2.05) is 0 Å². The molecule has 0 radical (unpaired) electrons. The number of nitrogens with zero attached hydrogens (tertiary/aromatic N) is 4. The minimum atomic E-state index is -4.46. The van der Waals surface area contributed by atoms with E-state index in [1.54, 1.807) is 18.5 Å². The zero-order valence-electron chi connectivity index (χ0n) is 11.0. The van der Waals surface area contributed by atoms with E-state index in [-0.39, 0.29) is 11.4 Å². The molecule has 0 saturated heterocycles. The molecule has 0 aliphatic heterocycles. The topological polar surface area (TPSA) is 79.4 Å². The van der Waals surface area contributed by atoms with Crippen LogP contribution in [0.25, 0.3) is 11.4 Å². The van der Waals surface area contributed by atoms with Crippen LogP contribution in [0.5, 0.6) is 0 Å². The number of halogens is 3. The Hall–Kier alpha value is -2.97. The summed E-state index contributed by atoms with van der Waals surface area (Å²) in [6.45, 7) is 0. The molecule has 3 rings (SSSR count). The molecule has 3 heterocycles. The van der Waals surface area contributed by atoms with Gasteiger partial charge in [-0.05, 0) is 12.1 Å². The minimum absolute atomic E-state index is 0.145. The Labute approximate surface area is 122 Å². The Morgan fingerprint density at radius 3 is 2.73 bits per heavy atom. The summed E-state index contributed by atoms with van der Waals surface area (Å²) < 4.78 is 38.1. The van der Waals surface area contributed by atoms with Gasteiger partial charge in [-0.15, -0.1) is 0 Å². The van der Waals surface area contributed by atoms with Crippen LogP contribution in [-0.2, 0) is 6.18 Å². The Balaban J connectivity index is 1.92. The molecule has 0 aromatic carbocycles. The molecule has 9 heteroatoms. The molecule has 0 fully saturated rings. The summed E-state index contributed by atoms with van der Waals surface area (Å²) in [5, 5.41) is 9.35. The molecule has 2 N–H and O–H groups in total. The zero-order chi connectivity index (χ0) is 15.6. The predicted octanol–water partition coefficient (Wildman–Crippen LogP) is 3.02. The molecule has 0 amide bonds. The van der Waals surface area contributed by atoms with E-state index < -0.39 is 11.7 Å². The van der Waals surface area contributed by atoms with Gasteiger partial charge in [-0.25, -0.2) is 9.97 Å². The molecule has 0 aliphatic carbocycles. The predicted molar refractivity (Wildman–Crippen MR) is 72.1 cm³/mol. The summed E-state index contributed by atoms with van der Waals surface area (Å²) in [7, 11) is 0. The minimum Gasteiger partial charge on any atom is -0.338 e. The first-order chi connectivity index (χ1) is 10.5. The van der Waals surface area contributed by atoms with E-state index in [4.69, 9.17) is 0 Å². The lowest BCUT2D eigenvalue weighted by molar-refractivity contribution is -0.137. The van der Waals surface area contributed by atoms with Crippen LogP contribution in [0.15, 0.2) is 43.1 Å². The fourth-order valence-corrected chi connectivity index (χ4v) is 1.75. The first-order valence-corrected chi connectivity index (χ1v) is 6.14. The number of alkyl halides is 3. The van der Waals surface area contributed by atoms with Crippen molar-refractivity contribution in [3.63, 3.8) is 0 Å². The van der Waals surface area contributed by atoms with Crippen LogP contribution < -0.4 is 5.32 Å². The van der Waals surface area contributed by atoms with Crippen LogP contribution in [0.4, 0.5) is 24.7 Å². The quantitative estimate of drug-likeness (QED) is 0.777. The van der Waals surface area contributed by atoms with Crippen LogP contribution in [0.3, 0.4) is 0 Å². The second-order valence-corrected chi connectivity index (χ2v) is 4.34. The third-order valence-corrected chi connectivity index (χ3v) is 2.75. The second kappa shape index (κ2) is 5.43. The van der Waals surface area contributed by atoms with Crippen molar-refractivity contribution < 1.29 is 13.2 Å². The van der Waals surface area contributed by atoms with Crippen molar-refractivity contribution in [1.82, 2.24) is 25.1 Å². The van der Waals surface area contributed by atoms with Crippen LogP contribution in [0.1, 0.15) is 5.56 Å². The molecule has 3 aromatic heterocycles. The third-order valence-electron chi connectivity index (χ3n) is 2.75. The summed E-state index contributed by atoms with van der Waals surface area (Å²) in [5.74, 6) is 0.580. The summed E-state index contributed by atoms with van der Waals surface area (Å²) in [6.07, 6.45) is 2.20. The summed E-state index contributed by atoms with van der Waals surface area (Å²) in [4.78, 5) is 11.7. The van der Waals surface area contributed by atoms with Gasteiger partial charge in [0.05, 0.1) is 17.4 Å². The molecule has 0 bridgehead atoms. The lowest BCUT2D eigenvalue weighted by Crippen LogP contribution is -2.06. The summed E-state index contributed by atoms with van der Waals surface area (Å²) in [6, 6.07) is 2.56. The molecule has 22 heavy (non-hydrogen) atoms. The molecule has 0 saturated carbocycles. The van der Waals surface area contributed by atoms with E-state index in [9.17, 15) is 13.2 Å². The summed E-state index contributed by atoms with van der Waals surface area (Å²) in [5.41, 5.74) is 0.0132. The Bertz CT molecular complexity index is 769. The first-order valence-electron chi connectivity index (χ1n) is 6.14. The Morgan fingerprint density at radius 2 is 2.00 bits per heavy atom. The monoisotopic (exact) mass is 306 g/mol. The fourth-order valence-electron chi connectivity index (χ4n) is 1.75. The maximum absolute atomic E-state index is 12.7. The zero-order valence-corrected chi connectivity index (χ0v) is 11.0. The molecular formula is C13H9F3N6. The average Bonchev–Trinajstić information content (AvgIpc) is 3.00. The van der Waals surface area contributed by atoms with Gasteiger partial charge in [-0.3, -0.25) is 10.1 Å². The van der Waals surface area contributed by atoms with Crippen molar-refractivity contribution in [1.29, 1.82) is 0 Å². The van der Waals surface area contributed by atoms with Crippen molar-refractivity contribution in [2.75, 3.05) is 5.32 Å². The van der Waals surface area contributed by atoms with Gasteiger partial charge in [-0.2, -0.15) is 18.3 Å². The number of rotatable bonds is 3. The molecule has 112 valence electrons. The first kappa shape index (κ1) is 14.0. The van der Waals surface area contributed by atoms with Crippen LogP contribution in [0.2, 0.25) is 0 Å². The highest BCUT2D eigenvalue weighted by atomic mass is 19.4. The molecular weight excluding hydrogens is 297 g/mol. The van der Waals surface area contributed by atoms with Gasteiger partial charge in [0.25, 0.3) is 0 Å². The van der Waals surface area contributed by atoms with Gasteiger partial charge in [0.1, 0.15) is 5.82 Å². The number of pyridine rings is 1. The van der Waals surface area contributed by atoms with Gasteiger partial charge in [0.2, 0.25) is 0 Å². The molecule has 0 spiro atoms. The Kier molecular flexibility index (Phi) is 3.45. The number of anilines is 2. The largest absolute Gasteiger partial charge is 0.417 e. The summed E-state index contributed by atoms with van der Waals surface area (Å²) >= 11 is 0. The van der Waals surface area contributed by atoms with E-state index in [2.05, 4.69) is 30.5 Å². The van der Waals surface area contributed by atoms with Crippen molar-refractivity contribution >= 4 is 11.5 Å². The highest BCUT2D eigenvalue weighted by molar-refractivity contribution is 5.60. The molecule has 0 unspecified atom stereocenters. The van der Waals surface area contributed by atoms with E-state index in [0.717, 1.165) is 12.3 Å².